The Labute approximate surface area is 178 Å². The zero-order valence-corrected chi connectivity index (χ0v) is 17.8. The van der Waals surface area contributed by atoms with Crippen LogP contribution in [0.4, 0.5) is 0 Å². The second-order valence-electron chi connectivity index (χ2n) is 5.38. The van der Waals surface area contributed by atoms with Crippen molar-refractivity contribution in [2.24, 2.45) is 0 Å². The van der Waals surface area contributed by atoms with Gasteiger partial charge in [-0.05, 0) is 25.0 Å². The fourth-order valence-corrected chi connectivity index (χ4v) is 2.98. The van der Waals surface area contributed by atoms with Gasteiger partial charge >= 0.3 is 37.7 Å². The van der Waals surface area contributed by atoms with Crippen molar-refractivity contribution in [3.05, 3.63) is 70.8 Å². The van der Waals surface area contributed by atoms with E-state index < -0.39 is 31.7 Å². The van der Waals surface area contributed by atoms with Gasteiger partial charge in [-0.1, -0.05) is 59.7 Å². The van der Waals surface area contributed by atoms with Gasteiger partial charge in [-0.3, -0.25) is 0 Å². The molecule has 0 aliphatic rings. The summed E-state index contributed by atoms with van der Waals surface area (Å²) in [7, 11) is -8.28. The Kier molecular flexibility index (Phi) is 10.4. The second-order valence-corrected chi connectivity index (χ2v) is 8.18. The third kappa shape index (κ3) is 12.5. The van der Waals surface area contributed by atoms with Crippen molar-refractivity contribution < 1.29 is 25.9 Å². The summed E-state index contributed by atoms with van der Waals surface area (Å²) in [5.74, 6) is -0.847. The van der Waals surface area contributed by atoms with Crippen molar-refractivity contribution in [3.63, 3.8) is 0 Å². The van der Waals surface area contributed by atoms with Gasteiger partial charge in [0.2, 0.25) is 0 Å². The van der Waals surface area contributed by atoms with Crippen LogP contribution < -0.4 is 0 Å². The van der Waals surface area contributed by atoms with Crippen molar-refractivity contribution in [2.45, 2.75) is 25.4 Å². The third-order valence-electron chi connectivity index (χ3n) is 2.93. The Balaban J connectivity index is 0.000000443. The minimum atomic E-state index is -4.14. The first-order valence-electron chi connectivity index (χ1n) is 6.93. The summed E-state index contributed by atoms with van der Waals surface area (Å²) < 4.78 is 62.0. The summed E-state index contributed by atoms with van der Waals surface area (Å²) in [5.41, 5.74) is 3.16. The fourth-order valence-electron chi connectivity index (χ4n) is 1.78. The van der Waals surface area contributed by atoms with E-state index in [4.69, 9.17) is 0 Å². The van der Waals surface area contributed by atoms with Crippen LogP contribution >= 0.6 is 0 Å². The Bertz CT molecular complexity index is 782. The molecule has 0 unspecified atom stereocenters. The number of hydrogen-bond acceptors (Lipinski definition) is 6. The predicted molar refractivity (Wildman–Crippen MR) is 94.9 cm³/mol. The molecule has 2 rings (SSSR count). The number of hydrogen-bond donors (Lipinski definition) is 0. The van der Waals surface area contributed by atoms with Gasteiger partial charge in [0, 0.05) is 0 Å². The van der Waals surface area contributed by atoms with E-state index in [0.717, 1.165) is 11.1 Å². The van der Waals surface area contributed by atoms with Crippen molar-refractivity contribution in [2.75, 3.05) is 0 Å². The maximum absolute atomic E-state index is 10.3. The number of aryl methyl sites for hydroxylation is 2. The minimum absolute atomic E-state index is 0. The van der Waals surface area contributed by atoms with Gasteiger partial charge in [-0.25, -0.2) is 16.8 Å². The van der Waals surface area contributed by atoms with Gasteiger partial charge in [-0.15, -0.1) is 0 Å². The van der Waals surface area contributed by atoms with Crippen LogP contribution in [0.25, 0.3) is 0 Å². The minimum Gasteiger partial charge on any atom is -0.748 e. The maximum atomic E-state index is 10.3. The van der Waals surface area contributed by atoms with Gasteiger partial charge < -0.3 is 9.11 Å². The monoisotopic (exact) mass is 410 g/mol. The molecular formula is C16H18CaO6S2. The van der Waals surface area contributed by atoms with Crippen LogP contribution in [0.2, 0.25) is 0 Å². The molecule has 9 heteroatoms. The first kappa shape index (κ1) is 24.5. The molecule has 0 bridgehead atoms. The summed E-state index contributed by atoms with van der Waals surface area (Å²) >= 11 is 0. The average Bonchev–Trinajstić information content (AvgIpc) is 2.42. The molecule has 0 radical (unpaired) electrons. The smallest absolute Gasteiger partial charge is 0.748 e. The molecule has 6 nitrogen and oxygen atoms in total. The summed E-state index contributed by atoms with van der Waals surface area (Å²) in [6.07, 6.45) is 0. The third-order valence-corrected chi connectivity index (χ3v) is 4.30. The van der Waals surface area contributed by atoms with Crippen LogP contribution in [0.3, 0.4) is 0 Å². The molecule has 0 fully saturated rings. The fraction of sp³-hybridized carbons (Fsp3) is 0.250. The Morgan fingerprint density at radius 2 is 0.880 bits per heavy atom. The molecule has 2 aromatic carbocycles. The van der Waals surface area contributed by atoms with Crippen LogP contribution in [-0.2, 0) is 31.7 Å². The first-order valence-corrected chi connectivity index (χ1v) is 10.1. The summed E-state index contributed by atoms with van der Waals surface area (Å²) in [5, 5.41) is 0. The topological polar surface area (TPSA) is 114 Å². The molecule has 0 saturated heterocycles. The Morgan fingerprint density at radius 3 is 1.08 bits per heavy atom. The average molecular weight is 411 g/mol. The molecule has 0 aliphatic heterocycles. The van der Waals surface area contributed by atoms with Gasteiger partial charge in [0.25, 0.3) is 0 Å². The Morgan fingerprint density at radius 1 is 0.640 bits per heavy atom. The maximum Gasteiger partial charge on any atom is 2.00 e. The largest absolute Gasteiger partial charge is 2.00 e. The van der Waals surface area contributed by atoms with Gasteiger partial charge in [-0.2, -0.15) is 0 Å². The van der Waals surface area contributed by atoms with E-state index >= 15 is 0 Å². The first-order chi connectivity index (χ1) is 10.9. The van der Waals surface area contributed by atoms with E-state index in [2.05, 4.69) is 0 Å². The number of benzene rings is 2. The van der Waals surface area contributed by atoms with Crippen LogP contribution in [-0.4, -0.2) is 63.7 Å². The van der Waals surface area contributed by atoms with E-state index in [9.17, 15) is 25.9 Å². The van der Waals surface area contributed by atoms with Crippen molar-refractivity contribution in [1.82, 2.24) is 0 Å². The predicted octanol–water partition coefficient (Wildman–Crippen LogP) is 1.70. The van der Waals surface area contributed by atoms with Crippen LogP contribution in [0.15, 0.2) is 48.5 Å². The zero-order valence-electron chi connectivity index (χ0n) is 14.0. The molecule has 0 spiro atoms. The van der Waals surface area contributed by atoms with Gasteiger partial charge in [0.1, 0.15) is 0 Å². The molecule has 0 N–H and O–H groups in total. The summed E-state index contributed by atoms with van der Waals surface area (Å²) in [6, 6.07) is 13.7. The molecule has 0 aromatic heterocycles. The van der Waals surface area contributed by atoms with Crippen molar-refractivity contribution in [3.8, 4) is 0 Å². The molecule has 0 atom stereocenters. The molecule has 132 valence electrons. The quantitative estimate of drug-likeness (QED) is 0.560. The molecule has 25 heavy (non-hydrogen) atoms. The van der Waals surface area contributed by atoms with Crippen LogP contribution in [0.5, 0.6) is 0 Å². The molecule has 0 amide bonds. The molecule has 0 aliphatic carbocycles. The molecule has 0 heterocycles. The van der Waals surface area contributed by atoms with Crippen molar-refractivity contribution >= 4 is 58.0 Å². The van der Waals surface area contributed by atoms with Crippen LogP contribution in [0, 0.1) is 13.8 Å². The SMILES string of the molecule is Cc1ccc(CS(=O)(=O)[O-])cc1.Cc1ccc(CS(=O)(=O)[O-])cc1.[Ca+2]. The van der Waals surface area contributed by atoms with Gasteiger partial charge in [0.15, 0.2) is 0 Å². The van der Waals surface area contributed by atoms with E-state index in [-0.39, 0.29) is 37.7 Å². The zero-order chi connectivity index (χ0) is 18.4. The van der Waals surface area contributed by atoms with E-state index in [1.165, 1.54) is 0 Å². The molecule has 0 saturated carbocycles. The van der Waals surface area contributed by atoms with E-state index in [1.54, 1.807) is 48.5 Å². The van der Waals surface area contributed by atoms with Crippen LogP contribution in [0.1, 0.15) is 22.3 Å². The summed E-state index contributed by atoms with van der Waals surface area (Å²) in [6.45, 7) is 3.80. The molecular weight excluding hydrogens is 392 g/mol. The molecule has 2 aromatic rings. The standard InChI is InChI=1S/2C8H10O3S.Ca/c2*1-7-2-4-8(5-3-7)6-12(9,10)11;/h2*2-5H,6H2,1H3,(H,9,10,11);/q;;+2/p-2. The second kappa shape index (κ2) is 10.6. The normalized spacial score (nSPS) is 11.0. The van der Waals surface area contributed by atoms with E-state index in [0.29, 0.717) is 11.1 Å². The summed E-state index contributed by atoms with van der Waals surface area (Å²) in [4.78, 5) is 0. The van der Waals surface area contributed by atoms with Gasteiger partial charge in [0.05, 0.1) is 31.7 Å². The van der Waals surface area contributed by atoms with E-state index in [1.807, 2.05) is 13.8 Å². The number of rotatable bonds is 4. The van der Waals surface area contributed by atoms with Crippen molar-refractivity contribution in [1.29, 1.82) is 0 Å². The Hall–Kier alpha value is -0.480.